The fourth-order valence-electron chi connectivity index (χ4n) is 2.19. The third-order valence-corrected chi connectivity index (χ3v) is 4.05. The molecule has 0 aliphatic rings. The number of nitrogens with zero attached hydrogens (tertiary/aromatic N) is 1. The molecule has 1 amide bonds. The summed E-state index contributed by atoms with van der Waals surface area (Å²) in [5.74, 6) is 0.510. The molecule has 0 saturated heterocycles. The molecule has 2 aromatic carbocycles. The van der Waals surface area contributed by atoms with Crippen molar-refractivity contribution >= 4 is 33.2 Å². The maximum atomic E-state index is 12.5. The molecule has 0 atom stereocenters. The van der Waals surface area contributed by atoms with Crippen molar-refractivity contribution in [1.29, 1.82) is 0 Å². The molecule has 0 aliphatic carbocycles. The molecule has 2 rings (SSSR count). The zero-order valence-electron chi connectivity index (χ0n) is 14.0. The van der Waals surface area contributed by atoms with Crippen LogP contribution < -0.4 is 14.8 Å². The number of rotatable bonds is 6. The molecule has 0 saturated carbocycles. The number of methoxy groups -OCH3 is 1. The van der Waals surface area contributed by atoms with E-state index >= 15 is 0 Å². The first-order chi connectivity index (χ1) is 11.9. The molecule has 0 heterocycles. The highest BCUT2D eigenvalue weighted by atomic mass is 79.9. The zero-order valence-corrected chi connectivity index (χ0v) is 15.5. The minimum absolute atomic E-state index is 0.0913. The van der Waals surface area contributed by atoms with Crippen LogP contribution in [-0.4, -0.2) is 24.5 Å². The standard InChI is InChI=1S/C17H17BrN2O5/c1-4-25-16-13(18)7-11(8-15(16)24-3)17(21)19-14-9-12(20(22)23)6-5-10(14)2/h5-9H,4H2,1-3H3,(H,19,21). The van der Waals surface area contributed by atoms with Crippen LogP contribution in [0.4, 0.5) is 11.4 Å². The number of carbonyl (C=O) groups is 1. The molecule has 0 aromatic heterocycles. The number of nitro groups is 1. The third kappa shape index (κ3) is 4.27. The maximum absolute atomic E-state index is 12.5. The molecule has 2 aromatic rings. The first-order valence-corrected chi connectivity index (χ1v) is 8.23. The van der Waals surface area contributed by atoms with Gasteiger partial charge in [-0.05, 0) is 47.5 Å². The van der Waals surface area contributed by atoms with Gasteiger partial charge in [0.25, 0.3) is 11.6 Å². The molecule has 0 unspecified atom stereocenters. The maximum Gasteiger partial charge on any atom is 0.271 e. The van der Waals surface area contributed by atoms with Gasteiger partial charge in [-0.3, -0.25) is 14.9 Å². The minimum Gasteiger partial charge on any atom is -0.493 e. The normalized spacial score (nSPS) is 10.2. The second-order valence-electron chi connectivity index (χ2n) is 5.13. The van der Waals surface area contributed by atoms with E-state index in [1.165, 1.54) is 19.2 Å². The molecular formula is C17H17BrN2O5. The SMILES string of the molecule is CCOc1c(Br)cc(C(=O)Nc2cc([N+](=O)[O-])ccc2C)cc1OC. The summed E-state index contributed by atoms with van der Waals surface area (Å²) in [6.07, 6.45) is 0. The topological polar surface area (TPSA) is 90.7 Å². The molecule has 0 bridgehead atoms. The van der Waals surface area contributed by atoms with Gasteiger partial charge in [-0.2, -0.15) is 0 Å². The summed E-state index contributed by atoms with van der Waals surface area (Å²) < 4.78 is 11.3. The van der Waals surface area contributed by atoms with Gasteiger partial charge in [0, 0.05) is 17.7 Å². The van der Waals surface area contributed by atoms with Gasteiger partial charge < -0.3 is 14.8 Å². The number of aryl methyl sites for hydroxylation is 1. The number of amides is 1. The van der Waals surface area contributed by atoms with Crippen molar-refractivity contribution in [1.82, 2.24) is 0 Å². The van der Waals surface area contributed by atoms with Crippen molar-refractivity contribution in [2.75, 3.05) is 19.0 Å². The Labute approximate surface area is 153 Å². The molecule has 0 fully saturated rings. The molecule has 0 aliphatic heterocycles. The lowest BCUT2D eigenvalue weighted by molar-refractivity contribution is -0.384. The predicted molar refractivity (Wildman–Crippen MR) is 97.6 cm³/mol. The highest BCUT2D eigenvalue weighted by Gasteiger charge is 2.17. The summed E-state index contributed by atoms with van der Waals surface area (Å²) in [7, 11) is 1.48. The largest absolute Gasteiger partial charge is 0.493 e. The van der Waals surface area contributed by atoms with Gasteiger partial charge in [-0.15, -0.1) is 0 Å². The van der Waals surface area contributed by atoms with Gasteiger partial charge in [-0.1, -0.05) is 6.07 Å². The number of hydrogen-bond donors (Lipinski definition) is 1. The first-order valence-electron chi connectivity index (χ1n) is 7.44. The molecule has 25 heavy (non-hydrogen) atoms. The number of non-ortho nitro benzene ring substituents is 1. The molecule has 8 heteroatoms. The lowest BCUT2D eigenvalue weighted by atomic mass is 10.1. The van der Waals surface area contributed by atoms with Crippen LogP contribution in [0.2, 0.25) is 0 Å². The summed E-state index contributed by atoms with van der Waals surface area (Å²) in [4.78, 5) is 22.9. The van der Waals surface area contributed by atoms with Crippen molar-refractivity contribution in [2.24, 2.45) is 0 Å². The summed E-state index contributed by atoms with van der Waals surface area (Å²) in [5.41, 5.74) is 1.34. The zero-order chi connectivity index (χ0) is 18.6. The number of halogens is 1. The van der Waals surface area contributed by atoms with Crippen molar-refractivity contribution in [3.8, 4) is 11.5 Å². The molecule has 132 valence electrons. The Balaban J connectivity index is 2.34. The van der Waals surface area contributed by atoms with Gasteiger partial charge in [0.15, 0.2) is 11.5 Å². The Hall–Kier alpha value is -2.61. The van der Waals surface area contributed by atoms with Gasteiger partial charge in [0.1, 0.15) is 0 Å². The lowest BCUT2D eigenvalue weighted by Gasteiger charge is -2.14. The summed E-state index contributed by atoms with van der Waals surface area (Å²) >= 11 is 3.36. The highest BCUT2D eigenvalue weighted by molar-refractivity contribution is 9.10. The van der Waals surface area contributed by atoms with Crippen molar-refractivity contribution < 1.29 is 19.2 Å². The number of anilines is 1. The van der Waals surface area contributed by atoms with Crippen LogP contribution in [0.5, 0.6) is 11.5 Å². The Morgan fingerprint density at radius 3 is 2.64 bits per heavy atom. The van der Waals surface area contributed by atoms with E-state index in [4.69, 9.17) is 9.47 Å². The van der Waals surface area contributed by atoms with E-state index < -0.39 is 10.8 Å². The molecular weight excluding hydrogens is 392 g/mol. The number of nitro benzene ring substituents is 1. The van der Waals surface area contributed by atoms with E-state index in [0.29, 0.717) is 33.8 Å². The van der Waals surface area contributed by atoms with Crippen LogP contribution in [-0.2, 0) is 0 Å². The van der Waals surface area contributed by atoms with Crippen LogP contribution in [0.25, 0.3) is 0 Å². The third-order valence-electron chi connectivity index (χ3n) is 3.46. The Morgan fingerprint density at radius 1 is 1.32 bits per heavy atom. The van der Waals surface area contributed by atoms with Crippen LogP contribution in [0.1, 0.15) is 22.8 Å². The Morgan fingerprint density at radius 2 is 2.04 bits per heavy atom. The monoisotopic (exact) mass is 408 g/mol. The molecule has 0 spiro atoms. The van der Waals surface area contributed by atoms with Crippen molar-refractivity contribution in [3.05, 3.63) is 56.0 Å². The molecule has 0 radical (unpaired) electrons. The fraction of sp³-hybridized carbons (Fsp3) is 0.235. The van der Waals surface area contributed by atoms with Gasteiger partial charge in [0.05, 0.1) is 28.8 Å². The number of carbonyl (C=O) groups excluding carboxylic acids is 1. The molecule has 1 N–H and O–H groups in total. The number of ether oxygens (including phenoxy) is 2. The summed E-state index contributed by atoms with van der Waals surface area (Å²) in [5, 5.41) is 13.6. The van der Waals surface area contributed by atoms with Crippen LogP contribution in [0.3, 0.4) is 0 Å². The van der Waals surface area contributed by atoms with E-state index in [-0.39, 0.29) is 5.69 Å². The molecule has 7 nitrogen and oxygen atoms in total. The first kappa shape index (κ1) is 18.7. The van der Waals surface area contributed by atoms with E-state index in [2.05, 4.69) is 21.2 Å². The number of hydrogen-bond acceptors (Lipinski definition) is 5. The number of nitrogens with one attached hydrogen (secondary N) is 1. The van der Waals surface area contributed by atoms with Crippen LogP contribution >= 0.6 is 15.9 Å². The average Bonchev–Trinajstić information content (AvgIpc) is 2.58. The average molecular weight is 409 g/mol. The van der Waals surface area contributed by atoms with E-state index in [9.17, 15) is 14.9 Å². The summed E-state index contributed by atoms with van der Waals surface area (Å²) in [6, 6.07) is 7.46. The predicted octanol–water partition coefficient (Wildman–Crippen LogP) is 4.33. The lowest BCUT2D eigenvalue weighted by Crippen LogP contribution is -2.13. The van der Waals surface area contributed by atoms with Crippen LogP contribution in [0.15, 0.2) is 34.8 Å². The van der Waals surface area contributed by atoms with E-state index in [0.717, 1.165) is 5.56 Å². The highest BCUT2D eigenvalue weighted by Crippen LogP contribution is 2.37. The van der Waals surface area contributed by atoms with Gasteiger partial charge in [-0.25, -0.2) is 0 Å². The van der Waals surface area contributed by atoms with Gasteiger partial charge in [0.2, 0.25) is 0 Å². The van der Waals surface area contributed by atoms with Crippen molar-refractivity contribution in [2.45, 2.75) is 13.8 Å². The number of benzene rings is 2. The quantitative estimate of drug-likeness (QED) is 0.567. The fourth-order valence-corrected chi connectivity index (χ4v) is 2.74. The second-order valence-corrected chi connectivity index (χ2v) is 5.99. The van der Waals surface area contributed by atoms with Gasteiger partial charge >= 0.3 is 0 Å². The smallest absolute Gasteiger partial charge is 0.271 e. The second kappa shape index (κ2) is 7.98. The Kier molecular flexibility index (Phi) is 5.97. The minimum atomic E-state index is -0.508. The van der Waals surface area contributed by atoms with Crippen molar-refractivity contribution in [3.63, 3.8) is 0 Å². The summed E-state index contributed by atoms with van der Waals surface area (Å²) in [6.45, 7) is 4.05. The Bertz CT molecular complexity index is 823. The van der Waals surface area contributed by atoms with E-state index in [1.807, 2.05) is 6.92 Å². The van der Waals surface area contributed by atoms with E-state index in [1.54, 1.807) is 25.1 Å². The van der Waals surface area contributed by atoms with Crippen LogP contribution in [0, 0.1) is 17.0 Å².